The lowest BCUT2D eigenvalue weighted by molar-refractivity contribution is -0.384. The molecule has 4 rings (SSSR count). The van der Waals surface area contributed by atoms with Gasteiger partial charge in [0.25, 0.3) is 5.69 Å². The summed E-state index contributed by atoms with van der Waals surface area (Å²) in [6.07, 6.45) is -9.37. The molecule has 2 heterocycles. The first kappa shape index (κ1) is 39.5. The molecule has 276 valence electrons. The molecule has 0 aliphatic carbocycles. The van der Waals surface area contributed by atoms with E-state index in [1.54, 1.807) is 26.2 Å². The second kappa shape index (κ2) is 17.7. The highest BCUT2D eigenvalue weighted by Crippen LogP contribution is 2.34. The average molecular weight is 753 g/mol. The topological polar surface area (TPSA) is 214 Å². The molecule has 2 aromatic carbocycles. The van der Waals surface area contributed by atoms with Crippen molar-refractivity contribution in [3.63, 3.8) is 0 Å². The van der Waals surface area contributed by atoms with Crippen LogP contribution in [0.15, 0.2) is 47.0 Å². The number of ether oxygens (including phenoxy) is 4. The van der Waals surface area contributed by atoms with Crippen molar-refractivity contribution in [3.8, 4) is 17.2 Å². The standard InChI is InChI=1S/C14H15F3N4O4S.C13H11F3N4O5/c1-23-5-6-25-8-3-4-9(10(7-8)24-2)18-12(22)19-13-21-20-11(26-13)14(15,16)17;1-2-24-7-3-4-8(9(5-7)20(22)23)17-12(21)18-11-6-10(25-19-11)13(14,15)16/h3-4,7H,5-6H2,1-2H3,(H2,18,19,21,22);3-6H,2H2,1H3,(H2,17,18,19,21). The molecule has 17 nitrogen and oxygen atoms in total. The number of nitro benzene ring substituents is 1. The number of hydrogen-bond donors (Lipinski definition) is 4. The van der Waals surface area contributed by atoms with Gasteiger partial charge in [-0.3, -0.25) is 20.7 Å². The fourth-order valence-corrected chi connectivity index (χ4v) is 4.11. The van der Waals surface area contributed by atoms with Gasteiger partial charge in [0.2, 0.25) is 15.9 Å². The Kier molecular flexibility index (Phi) is 13.7. The number of halogens is 6. The molecule has 0 bridgehead atoms. The third-order valence-electron chi connectivity index (χ3n) is 5.62. The fourth-order valence-electron chi connectivity index (χ4n) is 3.51. The molecule has 4 amide bonds. The Morgan fingerprint density at radius 1 is 0.863 bits per heavy atom. The Bertz CT molecular complexity index is 1800. The number of amides is 4. The molecule has 0 atom stereocenters. The van der Waals surface area contributed by atoms with Crippen molar-refractivity contribution in [2.45, 2.75) is 19.3 Å². The highest BCUT2D eigenvalue weighted by Gasteiger charge is 2.37. The van der Waals surface area contributed by atoms with E-state index in [2.05, 4.69) is 35.8 Å². The van der Waals surface area contributed by atoms with E-state index in [1.807, 2.05) is 5.32 Å². The number of urea groups is 2. The van der Waals surface area contributed by atoms with Crippen LogP contribution in [0.2, 0.25) is 0 Å². The molecule has 51 heavy (non-hydrogen) atoms. The number of methoxy groups -OCH3 is 2. The molecule has 0 saturated carbocycles. The summed E-state index contributed by atoms with van der Waals surface area (Å²) in [5, 5.41) is 27.7. The summed E-state index contributed by atoms with van der Waals surface area (Å²) in [5.41, 5.74) is -0.327. The normalized spacial score (nSPS) is 11.1. The van der Waals surface area contributed by atoms with Crippen molar-refractivity contribution < 1.29 is 64.3 Å². The molecule has 0 aliphatic rings. The summed E-state index contributed by atoms with van der Waals surface area (Å²) in [4.78, 5) is 34.0. The van der Waals surface area contributed by atoms with Crippen molar-refractivity contribution >= 4 is 51.4 Å². The van der Waals surface area contributed by atoms with Gasteiger partial charge in [-0.05, 0) is 31.2 Å². The zero-order valence-electron chi connectivity index (χ0n) is 26.3. The number of alkyl halides is 6. The van der Waals surface area contributed by atoms with Crippen LogP contribution in [0.5, 0.6) is 17.2 Å². The number of nitro groups is 1. The molecule has 0 unspecified atom stereocenters. The van der Waals surface area contributed by atoms with Crippen molar-refractivity contribution in [2.24, 2.45) is 0 Å². The summed E-state index contributed by atoms with van der Waals surface area (Å²) in [5.74, 6) is -0.855. The molecule has 0 aliphatic heterocycles. The van der Waals surface area contributed by atoms with E-state index in [-0.39, 0.29) is 34.5 Å². The van der Waals surface area contributed by atoms with Gasteiger partial charge >= 0.3 is 24.4 Å². The zero-order valence-corrected chi connectivity index (χ0v) is 27.1. The number of nitrogens with one attached hydrogen (secondary N) is 4. The summed E-state index contributed by atoms with van der Waals surface area (Å²) in [6, 6.07) is 7.07. The van der Waals surface area contributed by atoms with E-state index in [1.165, 1.54) is 25.3 Å². The minimum atomic E-state index is -4.75. The number of carbonyl (C=O) groups is 2. The Morgan fingerprint density at radius 3 is 2.08 bits per heavy atom. The molecule has 0 radical (unpaired) electrons. The highest BCUT2D eigenvalue weighted by molar-refractivity contribution is 7.15. The number of aromatic nitrogens is 3. The smallest absolute Gasteiger partial charge is 0.452 e. The lowest BCUT2D eigenvalue weighted by atomic mass is 10.2. The maximum absolute atomic E-state index is 12.5. The Hall–Kier alpha value is -5.91. The molecule has 0 fully saturated rings. The van der Waals surface area contributed by atoms with Crippen LogP contribution in [0, 0.1) is 10.1 Å². The summed E-state index contributed by atoms with van der Waals surface area (Å²) in [7, 11) is 2.95. The molecule has 2 aromatic heterocycles. The first-order valence-electron chi connectivity index (χ1n) is 13.9. The second-order valence-electron chi connectivity index (χ2n) is 9.21. The maximum Gasteiger partial charge on any atom is 0.452 e. The van der Waals surface area contributed by atoms with Crippen LogP contribution >= 0.6 is 11.3 Å². The van der Waals surface area contributed by atoms with E-state index < -0.39 is 51.6 Å². The number of carbonyl (C=O) groups excluding carboxylic acids is 2. The zero-order chi connectivity index (χ0) is 37.8. The van der Waals surface area contributed by atoms with Gasteiger partial charge < -0.3 is 34.1 Å². The van der Waals surface area contributed by atoms with Gasteiger partial charge in [-0.25, -0.2) is 9.59 Å². The van der Waals surface area contributed by atoms with Gasteiger partial charge in [0.05, 0.1) is 37.0 Å². The lowest BCUT2D eigenvalue weighted by Gasteiger charge is -2.12. The predicted molar refractivity (Wildman–Crippen MR) is 166 cm³/mol. The summed E-state index contributed by atoms with van der Waals surface area (Å²) < 4.78 is 99.2. The van der Waals surface area contributed by atoms with Gasteiger partial charge in [-0.2, -0.15) is 26.3 Å². The fraction of sp³-hybridized carbons (Fsp3) is 0.296. The van der Waals surface area contributed by atoms with Crippen LogP contribution in [0.3, 0.4) is 0 Å². The number of rotatable bonds is 12. The van der Waals surface area contributed by atoms with Crippen molar-refractivity contribution in [1.82, 2.24) is 15.4 Å². The number of hydrogen-bond acceptors (Lipinski definition) is 13. The molecule has 0 saturated heterocycles. The Balaban J connectivity index is 0.000000276. The van der Waals surface area contributed by atoms with Crippen molar-refractivity contribution in [1.29, 1.82) is 0 Å². The molecule has 4 N–H and O–H groups in total. The van der Waals surface area contributed by atoms with Crippen molar-refractivity contribution in [3.05, 3.63) is 63.3 Å². The van der Waals surface area contributed by atoms with Gasteiger partial charge in [0, 0.05) is 19.2 Å². The van der Waals surface area contributed by atoms with Gasteiger partial charge in [-0.1, -0.05) is 16.5 Å². The Morgan fingerprint density at radius 2 is 1.51 bits per heavy atom. The molecule has 0 spiro atoms. The van der Waals surface area contributed by atoms with Crippen LogP contribution in [0.4, 0.5) is 63.9 Å². The molecular formula is C27H26F6N8O9S. The SMILES string of the molecule is CCOc1ccc(NC(=O)Nc2cc(C(F)(F)F)on2)c([N+](=O)[O-])c1.COCCOc1ccc(NC(=O)Nc2nnc(C(F)(F)F)s2)c(OC)c1. The average Bonchev–Trinajstić information content (AvgIpc) is 3.73. The van der Waals surface area contributed by atoms with E-state index in [0.717, 1.165) is 6.07 Å². The number of nitrogens with zero attached hydrogens (tertiary/aromatic N) is 4. The van der Waals surface area contributed by atoms with E-state index in [4.69, 9.17) is 18.9 Å². The quantitative estimate of drug-likeness (QED) is 0.0505. The van der Waals surface area contributed by atoms with Crippen LogP contribution in [-0.2, 0) is 17.1 Å². The van der Waals surface area contributed by atoms with Gasteiger partial charge in [0.1, 0.15) is 29.5 Å². The largest absolute Gasteiger partial charge is 0.494 e. The number of anilines is 4. The monoisotopic (exact) mass is 752 g/mol. The van der Waals surface area contributed by atoms with Gasteiger partial charge in [0.15, 0.2) is 5.82 Å². The number of benzene rings is 2. The summed E-state index contributed by atoms with van der Waals surface area (Å²) >= 11 is 0.220. The summed E-state index contributed by atoms with van der Waals surface area (Å²) in [6.45, 7) is 2.73. The van der Waals surface area contributed by atoms with Crippen LogP contribution in [0.25, 0.3) is 0 Å². The first-order valence-corrected chi connectivity index (χ1v) is 14.7. The minimum Gasteiger partial charge on any atom is -0.494 e. The molecular weight excluding hydrogens is 726 g/mol. The first-order chi connectivity index (χ1) is 24.0. The van der Waals surface area contributed by atoms with E-state index in [0.29, 0.717) is 36.5 Å². The van der Waals surface area contributed by atoms with Crippen LogP contribution in [0.1, 0.15) is 17.7 Å². The van der Waals surface area contributed by atoms with Crippen LogP contribution < -0.4 is 35.5 Å². The lowest BCUT2D eigenvalue weighted by Crippen LogP contribution is -2.20. The van der Waals surface area contributed by atoms with Crippen molar-refractivity contribution in [2.75, 3.05) is 55.3 Å². The molecule has 24 heteroatoms. The third-order valence-corrected chi connectivity index (χ3v) is 6.51. The van der Waals surface area contributed by atoms with E-state index >= 15 is 0 Å². The van der Waals surface area contributed by atoms with Gasteiger partial charge in [-0.15, -0.1) is 10.2 Å². The van der Waals surface area contributed by atoms with Crippen LogP contribution in [-0.4, -0.2) is 66.4 Å². The van der Waals surface area contributed by atoms with E-state index in [9.17, 15) is 46.0 Å². The third kappa shape index (κ3) is 12.2. The predicted octanol–water partition coefficient (Wildman–Crippen LogP) is 6.88. The molecule has 4 aromatic rings. The highest BCUT2D eigenvalue weighted by atomic mass is 32.1. The maximum atomic E-state index is 12.5. The Labute approximate surface area is 286 Å². The minimum absolute atomic E-state index is 0.175. The second-order valence-corrected chi connectivity index (χ2v) is 10.2.